The zero-order chi connectivity index (χ0) is 26.8. The Morgan fingerprint density at radius 3 is 2.67 bits per heavy atom. The van der Waals surface area contributed by atoms with Crippen LogP contribution in [-0.4, -0.2) is 35.7 Å². The molecule has 9 heteroatoms. The van der Waals surface area contributed by atoms with E-state index in [4.69, 9.17) is 5.73 Å². The highest BCUT2D eigenvalue weighted by Gasteiger charge is 2.23. The molecule has 0 saturated carbocycles. The van der Waals surface area contributed by atoms with Crippen molar-refractivity contribution in [3.05, 3.63) is 114 Å². The number of hydrogen-bond donors (Lipinski definition) is 2. The molecule has 1 unspecified atom stereocenters. The zero-order valence-electron chi connectivity index (χ0n) is 20.9. The van der Waals surface area contributed by atoms with E-state index in [9.17, 15) is 4.79 Å². The number of hydrogen-bond acceptors (Lipinski definition) is 7. The van der Waals surface area contributed by atoms with E-state index in [0.29, 0.717) is 11.2 Å². The lowest BCUT2D eigenvalue weighted by Crippen LogP contribution is -2.27. The number of nitrogens with zero attached hydrogens (tertiary/aromatic N) is 6. The van der Waals surface area contributed by atoms with Crippen LogP contribution in [0.2, 0.25) is 0 Å². The first-order valence-corrected chi connectivity index (χ1v) is 12.2. The minimum absolute atomic E-state index is 0.114. The maximum atomic E-state index is 13.4. The fraction of sp³-hybridized carbons (Fsp3) is 0.0667. The molecule has 4 heterocycles. The molecular formula is C30H22N8O. The lowest BCUT2D eigenvalue weighted by molar-refractivity contribution is 0.0942. The molecular weight excluding hydrogens is 488 g/mol. The second kappa shape index (κ2) is 10.0. The highest BCUT2D eigenvalue weighted by atomic mass is 16.1. The van der Waals surface area contributed by atoms with Crippen molar-refractivity contribution in [1.82, 2.24) is 35.1 Å². The highest BCUT2D eigenvalue weighted by molar-refractivity contribution is 6.04. The van der Waals surface area contributed by atoms with E-state index in [1.54, 1.807) is 37.1 Å². The Bertz CT molecular complexity index is 1890. The van der Waals surface area contributed by atoms with Gasteiger partial charge in [-0.05, 0) is 53.9 Å². The molecule has 6 rings (SSSR count). The third-order valence-corrected chi connectivity index (χ3v) is 6.38. The molecule has 2 aromatic carbocycles. The summed E-state index contributed by atoms with van der Waals surface area (Å²) in [6, 6.07) is 19.0. The number of nitrogens with one attached hydrogen (secondary N) is 1. The van der Waals surface area contributed by atoms with Crippen molar-refractivity contribution in [3.63, 3.8) is 0 Å². The minimum Gasteiger partial charge on any atom is -0.381 e. The molecule has 0 spiro atoms. The molecule has 0 saturated heterocycles. The lowest BCUT2D eigenvalue weighted by Gasteiger charge is -2.19. The largest absolute Gasteiger partial charge is 0.381 e. The van der Waals surface area contributed by atoms with E-state index in [2.05, 4.69) is 48.5 Å². The van der Waals surface area contributed by atoms with E-state index in [0.717, 1.165) is 33.2 Å². The average Bonchev–Trinajstić information content (AvgIpc) is 3.32. The van der Waals surface area contributed by atoms with E-state index in [1.165, 1.54) is 4.52 Å². The maximum absolute atomic E-state index is 13.4. The molecule has 3 N–H and O–H groups in total. The minimum atomic E-state index is -0.400. The van der Waals surface area contributed by atoms with E-state index >= 15 is 0 Å². The molecule has 0 aliphatic heterocycles. The van der Waals surface area contributed by atoms with Crippen molar-refractivity contribution >= 4 is 28.3 Å². The van der Waals surface area contributed by atoms with Gasteiger partial charge in [-0.3, -0.25) is 9.78 Å². The zero-order valence-corrected chi connectivity index (χ0v) is 20.9. The van der Waals surface area contributed by atoms with E-state index < -0.39 is 6.04 Å². The topological polar surface area (TPSA) is 124 Å². The predicted octanol–water partition coefficient (Wildman–Crippen LogP) is 4.21. The summed E-state index contributed by atoms with van der Waals surface area (Å²) in [6.07, 6.45) is 8.38. The van der Waals surface area contributed by atoms with Gasteiger partial charge in [0.05, 0.1) is 23.3 Å². The van der Waals surface area contributed by atoms with Crippen LogP contribution >= 0.6 is 0 Å². The van der Waals surface area contributed by atoms with Gasteiger partial charge in [-0.15, -0.1) is 5.10 Å². The van der Waals surface area contributed by atoms with Crippen LogP contribution in [0, 0.1) is 11.8 Å². The van der Waals surface area contributed by atoms with Gasteiger partial charge in [0.15, 0.2) is 11.5 Å². The smallest absolute Gasteiger partial charge is 0.259 e. The van der Waals surface area contributed by atoms with Crippen LogP contribution in [0.1, 0.15) is 40.0 Å². The van der Waals surface area contributed by atoms with Gasteiger partial charge in [-0.25, -0.2) is 9.50 Å². The Labute approximate surface area is 223 Å². The third-order valence-electron chi connectivity index (χ3n) is 6.38. The number of rotatable bonds is 4. The Hall–Kier alpha value is -5.62. The first kappa shape index (κ1) is 23.8. The van der Waals surface area contributed by atoms with Crippen LogP contribution in [0.5, 0.6) is 0 Å². The van der Waals surface area contributed by atoms with Crippen molar-refractivity contribution < 1.29 is 4.79 Å². The van der Waals surface area contributed by atoms with Gasteiger partial charge < -0.3 is 11.1 Å². The Kier molecular flexibility index (Phi) is 6.11. The van der Waals surface area contributed by atoms with Gasteiger partial charge in [0.2, 0.25) is 0 Å². The van der Waals surface area contributed by atoms with Crippen LogP contribution in [0.4, 0.5) is 5.82 Å². The number of nitrogen functional groups attached to an aromatic ring is 1. The third kappa shape index (κ3) is 4.63. The Morgan fingerprint density at radius 1 is 1.03 bits per heavy atom. The summed E-state index contributed by atoms with van der Waals surface area (Å²) >= 11 is 0. The molecule has 0 radical (unpaired) electrons. The van der Waals surface area contributed by atoms with Gasteiger partial charge in [-0.2, -0.15) is 10.2 Å². The number of carbonyl (C=O) groups is 1. The normalized spacial score (nSPS) is 11.6. The summed E-state index contributed by atoms with van der Waals surface area (Å²) < 4.78 is 1.49. The van der Waals surface area contributed by atoms with Crippen LogP contribution in [0.25, 0.3) is 27.7 Å². The van der Waals surface area contributed by atoms with Crippen molar-refractivity contribution in [2.75, 3.05) is 5.73 Å². The summed E-state index contributed by atoms with van der Waals surface area (Å²) in [6.45, 7) is 1.92. The van der Waals surface area contributed by atoms with Crippen LogP contribution in [0.15, 0.2) is 91.6 Å². The van der Waals surface area contributed by atoms with E-state index in [1.807, 2.05) is 55.5 Å². The van der Waals surface area contributed by atoms with Crippen molar-refractivity contribution in [2.24, 2.45) is 0 Å². The number of pyridine rings is 1. The molecule has 1 amide bonds. The monoisotopic (exact) mass is 510 g/mol. The molecule has 4 aromatic heterocycles. The molecule has 0 aliphatic rings. The summed E-state index contributed by atoms with van der Waals surface area (Å²) in [4.78, 5) is 21.7. The van der Waals surface area contributed by atoms with Crippen molar-refractivity contribution in [3.8, 4) is 23.0 Å². The summed E-state index contributed by atoms with van der Waals surface area (Å²) in [5, 5.41) is 16.7. The first-order chi connectivity index (χ1) is 19.1. The average molecular weight is 511 g/mol. The summed E-state index contributed by atoms with van der Waals surface area (Å²) in [7, 11) is 0. The molecule has 0 bridgehead atoms. The number of aromatic nitrogens is 6. The second-order valence-electron chi connectivity index (χ2n) is 8.91. The number of nitrogens with two attached hydrogens (primary N) is 1. The quantitative estimate of drug-likeness (QED) is 0.341. The Morgan fingerprint density at radius 2 is 1.85 bits per heavy atom. The fourth-order valence-corrected chi connectivity index (χ4v) is 4.49. The van der Waals surface area contributed by atoms with Crippen molar-refractivity contribution in [2.45, 2.75) is 13.0 Å². The second-order valence-corrected chi connectivity index (χ2v) is 8.91. The number of anilines is 1. The molecule has 0 aliphatic carbocycles. The SMILES string of the molecule is CC(NC(=O)c1c(N)nn2cccnc12)c1cc2nncc(C#Cc3ccncc3)c2cc1-c1ccccc1. The summed E-state index contributed by atoms with van der Waals surface area (Å²) in [5.41, 5.74) is 11.8. The predicted molar refractivity (Wildman–Crippen MR) is 148 cm³/mol. The molecule has 6 aromatic rings. The van der Waals surface area contributed by atoms with Crippen LogP contribution < -0.4 is 11.1 Å². The maximum Gasteiger partial charge on any atom is 0.259 e. The standard InChI is InChI=1S/C30H22N8O/c1-19(35-30(39)27-28(31)37-38-15-5-12-33-29(27)38)23-17-26-25(16-24(23)21-6-3-2-4-7-21)22(18-34-36-26)9-8-20-10-13-32-14-11-20/h2-7,10-19H,1H3,(H2,31,37)(H,35,39). The molecule has 9 nitrogen and oxygen atoms in total. The van der Waals surface area contributed by atoms with Gasteiger partial charge in [0.25, 0.3) is 5.91 Å². The number of carbonyl (C=O) groups excluding carboxylic acids is 1. The molecule has 39 heavy (non-hydrogen) atoms. The number of fused-ring (bicyclic) bond motifs is 2. The summed E-state index contributed by atoms with van der Waals surface area (Å²) in [5.74, 6) is 6.15. The molecule has 188 valence electrons. The fourth-order valence-electron chi connectivity index (χ4n) is 4.49. The van der Waals surface area contributed by atoms with Crippen molar-refractivity contribution in [1.29, 1.82) is 0 Å². The molecule has 1 atom stereocenters. The lowest BCUT2D eigenvalue weighted by atomic mass is 9.92. The molecule has 0 fully saturated rings. The van der Waals surface area contributed by atoms with Gasteiger partial charge >= 0.3 is 0 Å². The van der Waals surface area contributed by atoms with Gasteiger partial charge in [-0.1, -0.05) is 42.2 Å². The first-order valence-electron chi connectivity index (χ1n) is 12.2. The van der Waals surface area contributed by atoms with Gasteiger partial charge in [0.1, 0.15) is 5.56 Å². The highest BCUT2D eigenvalue weighted by Crippen LogP contribution is 2.33. The number of benzene rings is 2. The number of amides is 1. The van der Waals surface area contributed by atoms with E-state index in [-0.39, 0.29) is 17.3 Å². The van der Waals surface area contributed by atoms with Crippen LogP contribution in [0.3, 0.4) is 0 Å². The van der Waals surface area contributed by atoms with Gasteiger partial charge in [0, 0.05) is 35.7 Å². The Balaban J connectivity index is 1.43. The van der Waals surface area contributed by atoms with Crippen LogP contribution in [-0.2, 0) is 0 Å².